The number of ether oxygens (including phenoxy) is 1. The average molecular weight is 184 g/mol. The topological polar surface area (TPSA) is 63.6 Å². The summed E-state index contributed by atoms with van der Waals surface area (Å²) in [5.41, 5.74) is 0.564. The Morgan fingerprint density at radius 3 is 2.92 bits per heavy atom. The summed E-state index contributed by atoms with van der Waals surface area (Å²) in [7, 11) is 0. The lowest BCUT2D eigenvalue weighted by Gasteiger charge is -2.00. The number of rotatable bonds is 3. The Balaban J connectivity index is 2.33. The molecule has 0 radical (unpaired) electrons. The van der Waals surface area contributed by atoms with Crippen molar-refractivity contribution in [2.24, 2.45) is 0 Å². The monoisotopic (exact) mass is 184 g/mol. The van der Waals surface area contributed by atoms with E-state index in [1.54, 1.807) is 0 Å². The van der Waals surface area contributed by atoms with Gasteiger partial charge in [0.1, 0.15) is 0 Å². The normalized spacial score (nSPS) is 21.5. The van der Waals surface area contributed by atoms with Crippen LogP contribution in [0.15, 0.2) is 11.6 Å². The minimum atomic E-state index is -0.653. The van der Waals surface area contributed by atoms with Crippen LogP contribution in [-0.2, 0) is 14.3 Å². The van der Waals surface area contributed by atoms with Gasteiger partial charge in [0.25, 0.3) is 0 Å². The van der Waals surface area contributed by atoms with E-state index in [4.69, 9.17) is 5.11 Å². The summed E-state index contributed by atoms with van der Waals surface area (Å²) < 4.78 is 4.67. The number of aliphatic hydroxyl groups excluding tert-OH is 1. The number of aliphatic hydroxyl groups is 1. The molecule has 1 aliphatic carbocycles. The average Bonchev–Trinajstić information content (AvgIpc) is 2.29. The highest BCUT2D eigenvalue weighted by molar-refractivity contribution is 5.98. The molecule has 13 heavy (non-hydrogen) atoms. The van der Waals surface area contributed by atoms with Gasteiger partial charge < -0.3 is 9.84 Å². The standard InChI is InChI=1S/C9H12O4/c1-6(10)13-3-2-7-4-8(11)5-9(7)12/h4,8,11H,2-3,5H2,1H3/t8-/m0/s1. The second-order valence-corrected chi connectivity index (χ2v) is 2.98. The number of carbonyl (C=O) groups is 2. The minimum Gasteiger partial charge on any atom is -0.466 e. The molecule has 4 nitrogen and oxygen atoms in total. The van der Waals surface area contributed by atoms with E-state index in [0.29, 0.717) is 12.0 Å². The van der Waals surface area contributed by atoms with Gasteiger partial charge in [-0.2, -0.15) is 0 Å². The van der Waals surface area contributed by atoms with Crippen LogP contribution in [-0.4, -0.2) is 29.6 Å². The zero-order valence-electron chi connectivity index (χ0n) is 7.45. The molecule has 0 spiro atoms. The maximum Gasteiger partial charge on any atom is 0.302 e. The summed E-state index contributed by atoms with van der Waals surface area (Å²) in [4.78, 5) is 21.5. The van der Waals surface area contributed by atoms with Crippen LogP contribution >= 0.6 is 0 Å². The number of Topliss-reactive ketones (excluding diaryl/α,β-unsaturated/α-hetero) is 1. The fraction of sp³-hybridized carbons (Fsp3) is 0.556. The number of hydrogen-bond donors (Lipinski definition) is 1. The number of hydrogen-bond acceptors (Lipinski definition) is 4. The van der Waals surface area contributed by atoms with Crippen LogP contribution < -0.4 is 0 Å². The van der Waals surface area contributed by atoms with Gasteiger partial charge in [-0.05, 0) is 11.6 Å². The van der Waals surface area contributed by atoms with E-state index in [2.05, 4.69) is 4.74 Å². The number of carbonyl (C=O) groups excluding carboxylic acids is 2. The molecular weight excluding hydrogens is 172 g/mol. The Labute approximate surface area is 76.2 Å². The van der Waals surface area contributed by atoms with Crippen LogP contribution in [0.4, 0.5) is 0 Å². The van der Waals surface area contributed by atoms with Crippen molar-refractivity contribution < 1.29 is 19.4 Å². The summed E-state index contributed by atoms with van der Waals surface area (Å²) >= 11 is 0. The van der Waals surface area contributed by atoms with E-state index in [0.717, 1.165) is 0 Å². The van der Waals surface area contributed by atoms with Crippen molar-refractivity contribution in [3.05, 3.63) is 11.6 Å². The van der Waals surface area contributed by atoms with Gasteiger partial charge >= 0.3 is 5.97 Å². The largest absolute Gasteiger partial charge is 0.466 e. The molecule has 0 saturated heterocycles. The second kappa shape index (κ2) is 4.18. The van der Waals surface area contributed by atoms with Crippen LogP contribution in [0.25, 0.3) is 0 Å². The molecule has 72 valence electrons. The Bertz CT molecular complexity index is 254. The first-order valence-electron chi connectivity index (χ1n) is 4.15. The van der Waals surface area contributed by atoms with Crippen LogP contribution in [0.3, 0.4) is 0 Å². The first-order chi connectivity index (χ1) is 6.09. The molecule has 1 aliphatic rings. The summed E-state index contributed by atoms with van der Waals surface area (Å²) in [6, 6.07) is 0. The molecule has 1 atom stereocenters. The fourth-order valence-electron chi connectivity index (χ4n) is 1.23. The zero-order chi connectivity index (χ0) is 9.84. The highest BCUT2D eigenvalue weighted by atomic mass is 16.5. The summed E-state index contributed by atoms with van der Waals surface area (Å²) in [5.74, 6) is -0.411. The van der Waals surface area contributed by atoms with E-state index in [1.165, 1.54) is 13.0 Å². The van der Waals surface area contributed by atoms with Gasteiger partial charge in [-0.25, -0.2) is 0 Å². The van der Waals surface area contributed by atoms with Crippen molar-refractivity contribution in [2.45, 2.75) is 25.9 Å². The van der Waals surface area contributed by atoms with Crippen molar-refractivity contribution in [1.29, 1.82) is 0 Å². The van der Waals surface area contributed by atoms with Crippen molar-refractivity contribution in [2.75, 3.05) is 6.61 Å². The highest BCUT2D eigenvalue weighted by Gasteiger charge is 2.21. The van der Waals surface area contributed by atoms with Crippen LogP contribution in [0.2, 0.25) is 0 Å². The Morgan fingerprint density at radius 2 is 2.46 bits per heavy atom. The summed E-state index contributed by atoms with van der Waals surface area (Å²) in [5, 5.41) is 9.07. The Morgan fingerprint density at radius 1 is 1.77 bits per heavy atom. The fourth-order valence-corrected chi connectivity index (χ4v) is 1.23. The molecule has 1 rings (SSSR count). The molecule has 0 heterocycles. The van der Waals surface area contributed by atoms with E-state index in [1.807, 2.05) is 0 Å². The third-order valence-electron chi connectivity index (χ3n) is 1.82. The minimum absolute atomic E-state index is 0.0559. The van der Waals surface area contributed by atoms with Crippen LogP contribution in [0, 0.1) is 0 Å². The third-order valence-corrected chi connectivity index (χ3v) is 1.82. The van der Waals surface area contributed by atoms with E-state index in [9.17, 15) is 9.59 Å². The van der Waals surface area contributed by atoms with Crippen molar-refractivity contribution >= 4 is 11.8 Å². The first-order valence-corrected chi connectivity index (χ1v) is 4.15. The van der Waals surface area contributed by atoms with Gasteiger partial charge in [-0.1, -0.05) is 0 Å². The lowest BCUT2D eigenvalue weighted by Crippen LogP contribution is -2.05. The zero-order valence-corrected chi connectivity index (χ0v) is 7.45. The van der Waals surface area contributed by atoms with Gasteiger partial charge in [0.15, 0.2) is 5.78 Å². The smallest absolute Gasteiger partial charge is 0.302 e. The molecular formula is C9H12O4. The SMILES string of the molecule is CC(=O)OCCC1=C[C@H](O)CC1=O. The molecule has 0 bridgehead atoms. The summed E-state index contributed by atoms with van der Waals surface area (Å²) in [6.07, 6.45) is 1.43. The quantitative estimate of drug-likeness (QED) is 0.636. The maximum absolute atomic E-state index is 11.1. The third kappa shape index (κ3) is 2.99. The lowest BCUT2D eigenvalue weighted by atomic mass is 10.1. The molecule has 0 aromatic rings. The first kappa shape index (κ1) is 9.92. The molecule has 0 aromatic carbocycles. The van der Waals surface area contributed by atoms with Gasteiger partial charge in [0.05, 0.1) is 12.7 Å². The van der Waals surface area contributed by atoms with E-state index >= 15 is 0 Å². The van der Waals surface area contributed by atoms with E-state index in [-0.39, 0.29) is 24.8 Å². The molecule has 0 saturated carbocycles. The van der Waals surface area contributed by atoms with Gasteiger partial charge in [0, 0.05) is 19.8 Å². The highest BCUT2D eigenvalue weighted by Crippen LogP contribution is 2.17. The Kier molecular flexibility index (Phi) is 3.19. The predicted octanol–water partition coefficient (Wildman–Crippen LogP) is 0.200. The van der Waals surface area contributed by atoms with Crippen LogP contribution in [0.1, 0.15) is 19.8 Å². The number of esters is 1. The van der Waals surface area contributed by atoms with E-state index < -0.39 is 6.10 Å². The maximum atomic E-state index is 11.1. The molecule has 0 unspecified atom stereocenters. The molecule has 4 heteroatoms. The molecule has 1 N–H and O–H groups in total. The predicted molar refractivity (Wildman–Crippen MR) is 45.0 cm³/mol. The lowest BCUT2D eigenvalue weighted by molar-refractivity contribution is -0.141. The van der Waals surface area contributed by atoms with Crippen molar-refractivity contribution in [1.82, 2.24) is 0 Å². The van der Waals surface area contributed by atoms with Gasteiger partial charge in [0.2, 0.25) is 0 Å². The van der Waals surface area contributed by atoms with Crippen molar-refractivity contribution in [3.63, 3.8) is 0 Å². The summed E-state index contributed by atoms with van der Waals surface area (Å²) in [6.45, 7) is 1.53. The van der Waals surface area contributed by atoms with Gasteiger partial charge in [-0.3, -0.25) is 9.59 Å². The molecule has 0 amide bonds. The molecule has 0 aromatic heterocycles. The van der Waals surface area contributed by atoms with Crippen LogP contribution in [0.5, 0.6) is 0 Å². The van der Waals surface area contributed by atoms with Gasteiger partial charge in [-0.15, -0.1) is 0 Å². The Hall–Kier alpha value is -1.16. The van der Waals surface area contributed by atoms with Crippen molar-refractivity contribution in [3.8, 4) is 0 Å². The molecule has 0 aliphatic heterocycles. The number of ketones is 1. The molecule has 0 fully saturated rings. The second-order valence-electron chi connectivity index (χ2n) is 2.98.